The van der Waals surface area contributed by atoms with Gasteiger partial charge >= 0.3 is 0 Å². The number of carbonyl (C=O) groups is 2. The van der Waals surface area contributed by atoms with Crippen LogP contribution in [0.3, 0.4) is 0 Å². The Labute approximate surface area is 161 Å². The predicted octanol–water partition coefficient (Wildman–Crippen LogP) is 2.10. The van der Waals surface area contributed by atoms with Crippen molar-refractivity contribution in [3.8, 4) is 0 Å². The summed E-state index contributed by atoms with van der Waals surface area (Å²) < 4.78 is 12.9. The van der Waals surface area contributed by atoms with E-state index in [4.69, 9.17) is 0 Å². The highest BCUT2D eigenvalue weighted by Crippen LogP contribution is 2.17. The Hall–Kier alpha value is -2.45. The highest BCUT2D eigenvalue weighted by atomic mass is 32.2. The van der Waals surface area contributed by atoms with Crippen molar-refractivity contribution in [1.29, 1.82) is 0 Å². The van der Waals surface area contributed by atoms with E-state index in [2.05, 4.69) is 10.3 Å². The number of amides is 2. The van der Waals surface area contributed by atoms with Gasteiger partial charge in [-0.3, -0.25) is 19.5 Å². The summed E-state index contributed by atoms with van der Waals surface area (Å²) in [4.78, 5) is 33.3. The molecular weight excluding hydrogens is 367 g/mol. The first-order valence-electron chi connectivity index (χ1n) is 8.68. The summed E-state index contributed by atoms with van der Waals surface area (Å²) in [5, 5.41) is 2.75. The molecule has 2 heterocycles. The van der Waals surface area contributed by atoms with Gasteiger partial charge in [0.15, 0.2) is 0 Å². The van der Waals surface area contributed by atoms with Crippen LogP contribution in [-0.2, 0) is 9.59 Å². The van der Waals surface area contributed by atoms with Gasteiger partial charge < -0.3 is 10.2 Å². The van der Waals surface area contributed by atoms with E-state index in [1.807, 2.05) is 21.9 Å². The SMILES string of the molecule is O=C(CN1CCN(C(=O)CSc2ccncc2)CC1)Nc1ccc(F)cc1. The number of halogens is 1. The van der Waals surface area contributed by atoms with Crippen LogP contribution in [0.25, 0.3) is 0 Å². The summed E-state index contributed by atoms with van der Waals surface area (Å²) in [6.07, 6.45) is 3.42. The minimum Gasteiger partial charge on any atom is -0.339 e. The lowest BCUT2D eigenvalue weighted by molar-refractivity contribution is -0.130. The number of carbonyl (C=O) groups excluding carboxylic acids is 2. The van der Waals surface area contributed by atoms with Crippen molar-refractivity contribution in [2.45, 2.75) is 4.90 Å². The normalized spacial score (nSPS) is 14.8. The largest absolute Gasteiger partial charge is 0.339 e. The summed E-state index contributed by atoms with van der Waals surface area (Å²) in [7, 11) is 0. The van der Waals surface area contributed by atoms with Crippen LogP contribution in [0.1, 0.15) is 0 Å². The molecule has 0 aliphatic carbocycles. The van der Waals surface area contributed by atoms with Gasteiger partial charge in [-0.25, -0.2) is 4.39 Å². The van der Waals surface area contributed by atoms with Gasteiger partial charge in [0.25, 0.3) is 0 Å². The van der Waals surface area contributed by atoms with Gasteiger partial charge in [0.1, 0.15) is 5.82 Å². The fourth-order valence-corrected chi connectivity index (χ4v) is 3.55. The standard InChI is InChI=1S/C19H21FN4O2S/c20-15-1-3-16(4-2-15)22-18(25)13-23-9-11-24(12-10-23)19(26)14-27-17-5-7-21-8-6-17/h1-8H,9-14H2,(H,22,25). The van der Waals surface area contributed by atoms with Crippen molar-refractivity contribution in [3.05, 3.63) is 54.6 Å². The lowest BCUT2D eigenvalue weighted by Crippen LogP contribution is -2.50. The molecule has 2 aromatic rings. The second-order valence-electron chi connectivity index (χ2n) is 6.18. The van der Waals surface area contributed by atoms with E-state index >= 15 is 0 Å². The van der Waals surface area contributed by atoms with E-state index in [0.717, 1.165) is 4.90 Å². The summed E-state index contributed by atoms with van der Waals surface area (Å²) >= 11 is 1.50. The molecule has 8 heteroatoms. The van der Waals surface area contributed by atoms with Crippen LogP contribution < -0.4 is 5.32 Å². The third-order valence-electron chi connectivity index (χ3n) is 4.23. The monoisotopic (exact) mass is 388 g/mol. The van der Waals surface area contributed by atoms with E-state index < -0.39 is 0 Å². The molecular formula is C19H21FN4O2S. The average molecular weight is 388 g/mol. The molecule has 1 N–H and O–H groups in total. The number of thioether (sulfide) groups is 1. The highest BCUT2D eigenvalue weighted by Gasteiger charge is 2.22. The number of aromatic nitrogens is 1. The van der Waals surface area contributed by atoms with Crippen LogP contribution in [0, 0.1) is 5.82 Å². The topological polar surface area (TPSA) is 65.5 Å². The Morgan fingerprint density at radius 3 is 2.37 bits per heavy atom. The maximum atomic E-state index is 12.9. The Morgan fingerprint density at radius 2 is 1.70 bits per heavy atom. The number of hydrogen-bond donors (Lipinski definition) is 1. The third-order valence-corrected chi connectivity index (χ3v) is 5.23. The number of pyridine rings is 1. The van der Waals surface area contributed by atoms with Crippen LogP contribution in [0.2, 0.25) is 0 Å². The van der Waals surface area contributed by atoms with Crippen molar-refractivity contribution in [3.63, 3.8) is 0 Å². The van der Waals surface area contributed by atoms with Crippen LogP contribution in [-0.4, -0.2) is 65.1 Å². The smallest absolute Gasteiger partial charge is 0.238 e. The van der Waals surface area contributed by atoms with E-state index in [1.165, 1.54) is 36.0 Å². The molecule has 0 spiro atoms. The third kappa shape index (κ3) is 6.04. The molecule has 1 aromatic carbocycles. The molecule has 27 heavy (non-hydrogen) atoms. The summed E-state index contributed by atoms with van der Waals surface area (Å²) in [5.74, 6) is 0.0208. The maximum absolute atomic E-state index is 12.9. The predicted molar refractivity (Wildman–Crippen MR) is 103 cm³/mol. The number of piperazine rings is 1. The fraction of sp³-hybridized carbons (Fsp3) is 0.316. The van der Waals surface area contributed by atoms with Gasteiger partial charge in [-0.15, -0.1) is 11.8 Å². The first-order chi connectivity index (χ1) is 13.1. The summed E-state index contributed by atoms with van der Waals surface area (Å²) in [6.45, 7) is 2.79. The van der Waals surface area contributed by atoms with Gasteiger partial charge in [0.05, 0.1) is 12.3 Å². The Balaban J connectivity index is 1.38. The van der Waals surface area contributed by atoms with Gasteiger partial charge in [0, 0.05) is 49.2 Å². The molecule has 1 aliphatic rings. The zero-order valence-corrected chi connectivity index (χ0v) is 15.6. The van der Waals surface area contributed by atoms with Crippen molar-refractivity contribution in [1.82, 2.24) is 14.8 Å². The molecule has 1 saturated heterocycles. The zero-order chi connectivity index (χ0) is 19.1. The van der Waals surface area contributed by atoms with Crippen molar-refractivity contribution in [2.24, 2.45) is 0 Å². The zero-order valence-electron chi connectivity index (χ0n) is 14.8. The molecule has 3 rings (SSSR count). The molecule has 2 amide bonds. The molecule has 142 valence electrons. The molecule has 0 bridgehead atoms. The first kappa shape index (κ1) is 19.3. The lowest BCUT2D eigenvalue weighted by atomic mass is 10.3. The maximum Gasteiger partial charge on any atom is 0.238 e. The van der Waals surface area contributed by atoms with E-state index in [0.29, 0.717) is 37.6 Å². The molecule has 1 fully saturated rings. The quantitative estimate of drug-likeness (QED) is 0.768. The molecule has 6 nitrogen and oxygen atoms in total. The van der Waals surface area contributed by atoms with Crippen LogP contribution >= 0.6 is 11.8 Å². The number of nitrogens with one attached hydrogen (secondary N) is 1. The second kappa shape index (κ2) is 9.48. The molecule has 0 atom stereocenters. The lowest BCUT2D eigenvalue weighted by Gasteiger charge is -2.34. The second-order valence-corrected chi connectivity index (χ2v) is 7.23. The highest BCUT2D eigenvalue weighted by molar-refractivity contribution is 8.00. The number of hydrogen-bond acceptors (Lipinski definition) is 5. The van der Waals surface area contributed by atoms with Gasteiger partial charge in [-0.05, 0) is 36.4 Å². The Bertz CT molecular complexity index is 765. The summed E-state index contributed by atoms with van der Waals surface area (Å²) in [5.41, 5.74) is 0.573. The van der Waals surface area contributed by atoms with Gasteiger partial charge in [-0.1, -0.05) is 0 Å². The molecule has 1 aromatic heterocycles. The number of benzene rings is 1. The van der Waals surface area contributed by atoms with Crippen LogP contribution in [0.15, 0.2) is 53.7 Å². The minimum atomic E-state index is -0.337. The molecule has 0 saturated carbocycles. The fourth-order valence-electron chi connectivity index (χ4n) is 2.76. The van der Waals surface area contributed by atoms with Crippen molar-refractivity contribution in [2.75, 3.05) is 43.8 Å². The molecule has 1 aliphatic heterocycles. The van der Waals surface area contributed by atoms with Crippen molar-refractivity contribution < 1.29 is 14.0 Å². The first-order valence-corrected chi connectivity index (χ1v) is 9.67. The van der Waals surface area contributed by atoms with E-state index in [9.17, 15) is 14.0 Å². The molecule has 0 radical (unpaired) electrons. The number of anilines is 1. The van der Waals surface area contributed by atoms with Gasteiger partial charge in [-0.2, -0.15) is 0 Å². The average Bonchev–Trinajstić information content (AvgIpc) is 2.69. The number of nitrogens with zero attached hydrogens (tertiary/aromatic N) is 3. The minimum absolute atomic E-state index is 0.104. The van der Waals surface area contributed by atoms with Crippen LogP contribution in [0.5, 0.6) is 0 Å². The van der Waals surface area contributed by atoms with Crippen molar-refractivity contribution >= 4 is 29.3 Å². The summed E-state index contributed by atoms with van der Waals surface area (Å²) in [6, 6.07) is 9.45. The molecule has 0 unspecified atom stereocenters. The van der Waals surface area contributed by atoms with Crippen LogP contribution in [0.4, 0.5) is 10.1 Å². The van der Waals surface area contributed by atoms with Gasteiger partial charge in [0.2, 0.25) is 11.8 Å². The number of rotatable bonds is 6. The Morgan fingerprint density at radius 1 is 1.04 bits per heavy atom. The van der Waals surface area contributed by atoms with E-state index in [1.54, 1.807) is 12.4 Å². The Kier molecular flexibility index (Phi) is 6.78. The van der Waals surface area contributed by atoms with E-state index in [-0.39, 0.29) is 24.2 Å².